The number of nitrogens with zero attached hydrogens (tertiary/aromatic N) is 2. The molecule has 2 heteroatoms. The van der Waals surface area contributed by atoms with Crippen LogP contribution in [-0.2, 0) is 19.3 Å². The first-order valence-corrected chi connectivity index (χ1v) is 6.28. The Morgan fingerprint density at radius 3 is 2.88 bits per heavy atom. The Kier molecular flexibility index (Phi) is 2.87. The molecule has 2 aromatic rings. The highest BCUT2D eigenvalue weighted by Crippen LogP contribution is 2.24. The van der Waals surface area contributed by atoms with Gasteiger partial charge < -0.3 is 0 Å². The Labute approximate surface area is 102 Å². The molecule has 0 unspecified atom stereocenters. The maximum atomic E-state index is 4.40. The number of rotatable bonds is 2. The molecule has 0 radical (unpaired) electrons. The molecular formula is C15H16N2. The summed E-state index contributed by atoms with van der Waals surface area (Å²) >= 11 is 0. The standard InChI is InChI=1S/C15H16N2/c1-2-7-15-12(5-1)10-16-11-13(15)9-14-6-3-4-8-17-14/h3-4,6,8,10-11H,1-2,5,7,9H2. The quantitative estimate of drug-likeness (QED) is 0.783. The summed E-state index contributed by atoms with van der Waals surface area (Å²) in [5.41, 5.74) is 5.47. The minimum Gasteiger partial charge on any atom is -0.264 e. The van der Waals surface area contributed by atoms with Gasteiger partial charge in [0.2, 0.25) is 0 Å². The zero-order valence-corrected chi connectivity index (χ0v) is 9.89. The van der Waals surface area contributed by atoms with E-state index in [0.29, 0.717) is 0 Å². The fourth-order valence-corrected chi connectivity index (χ4v) is 2.58. The molecule has 0 atom stereocenters. The average Bonchev–Trinajstić information content (AvgIpc) is 2.40. The van der Waals surface area contributed by atoms with E-state index in [2.05, 4.69) is 16.0 Å². The van der Waals surface area contributed by atoms with E-state index >= 15 is 0 Å². The van der Waals surface area contributed by atoms with E-state index in [1.54, 1.807) is 0 Å². The monoisotopic (exact) mass is 224 g/mol. The van der Waals surface area contributed by atoms with E-state index in [1.165, 1.54) is 42.4 Å². The van der Waals surface area contributed by atoms with Crippen molar-refractivity contribution in [1.82, 2.24) is 9.97 Å². The zero-order chi connectivity index (χ0) is 11.5. The maximum Gasteiger partial charge on any atom is 0.0448 e. The van der Waals surface area contributed by atoms with Gasteiger partial charge in [0, 0.05) is 30.7 Å². The van der Waals surface area contributed by atoms with Crippen LogP contribution >= 0.6 is 0 Å². The molecule has 0 bridgehead atoms. The van der Waals surface area contributed by atoms with Crippen molar-refractivity contribution in [2.75, 3.05) is 0 Å². The van der Waals surface area contributed by atoms with E-state index in [4.69, 9.17) is 0 Å². The van der Waals surface area contributed by atoms with Crippen molar-refractivity contribution in [1.29, 1.82) is 0 Å². The molecule has 0 spiro atoms. The largest absolute Gasteiger partial charge is 0.264 e. The highest BCUT2D eigenvalue weighted by Gasteiger charge is 2.13. The van der Waals surface area contributed by atoms with Gasteiger partial charge in [0.25, 0.3) is 0 Å². The van der Waals surface area contributed by atoms with Gasteiger partial charge in [-0.25, -0.2) is 0 Å². The van der Waals surface area contributed by atoms with Gasteiger partial charge in [0.05, 0.1) is 0 Å². The summed E-state index contributed by atoms with van der Waals surface area (Å²) in [6.45, 7) is 0. The summed E-state index contributed by atoms with van der Waals surface area (Å²) in [5.74, 6) is 0. The molecule has 0 N–H and O–H groups in total. The Morgan fingerprint density at radius 2 is 2.00 bits per heavy atom. The SMILES string of the molecule is c1ccc(Cc2cncc3c2CCCC3)nc1. The van der Waals surface area contributed by atoms with Gasteiger partial charge in [-0.1, -0.05) is 6.07 Å². The maximum absolute atomic E-state index is 4.40. The van der Waals surface area contributed by atoms with Crippen LogP contribution in [0.1, 0.15) is 35.2 Å². The highest BCUT2D eigenvalue weighted by molar-refractivity contribution is 5.36. The molecule has 0 amide bonds. The van der Waals surface area contributed by atoms with E-state index in [1.807, 2.05) is 30.7 Å². The molecule has 86 valence electrons. The van der Waals surface area contributed by atoms with Crippen LogP contribution in [0.5, 0.6) is 0 Å². The van der Waals surface area contributed by atoms with Crippen molar-refractivity contribution in [2.24, 2.45) is 0 Å². The molecule has 0 saturated heterocycles. The normalized spacial score (nSPS) is 14.4. The highest BCUT2D eigenvalue weighted by atomic mass is 14.7. The summed E-state index contributed by atoms with van der Waals surface area (Å²) < 4.78 is 0. The Bertz CT molecular complexity index is 506. The molecule has 2 heterocycles. The Balaban J connectivity index is 1.93. The van der Waals surface area contributed by atoms with Gasteiger partial charge in [-0.05, 0) is 54.5 Å². The number of hydrogen-bond donors (Lipinski definition) is 0. The first kappa shape index (κ1) is 10.5. The van der Waals surface area contributed by atoms with Gasteiger partial charge in [-0.2, -0.15) is 0 Å². The van der Waals surface area contributed by atoms with Crippen molar-refractivity contribution < 1.29 is 0 Å². The van der Waals surface area contributed by atoms with Crippen molar-refractivity contribution in [2.45, 2.75) is 32.1 Å². The summed E-state index contributed by atoms with van der Waals surface area (Å²) in [6, 6.07) is 6.09. The number of pyridine rings is 2. The van der Waals surface area contributed by atoms with Crippen LogP contribution in [0.25, 0.3) is 0 Å². The summed E-state index contributed by atoms with van der Waals surface area (Å²) in [6.07, 6.45) is 11.8. The molecule has 0 fully saturated rings. The molecule has 0 aliphatic heterocycles. The lowest BCUT2D eigenvalue weighted by Gasteiger charge is -2.18. The fourth-order valence-electron chi connectivity index (χ4n) is 2.58. The van der Waals surface area contributed by atoms with Gasteiger partial charge >= 0.3 is 0 Å². The third-order valence-corrected chi connectivity index (χ3v) is 3.46. The van der Waals surface area contributed by atoms with Crippen molar-refractivity contribution in [3.63, 3.8) is 0 Å². The molecular weight excluding hydrogens is 208 g/mol. The number of aryl methyl sites for hydroxylation is 1. The van der Waals surface area contributed by atoms with E-state index in [9.17, 15) is 0 Å². The van der Waals surface area contributed by atoms with Gasteiger partial charge in [0.15, 0.2) is 0 Å². The first-order valence-electron chi connectivity index (χ1n) is 6.28. The molecule has 2 nitrogen and oxygen atoms in total. The molecule has 1 aliphatic rings. The zero-order valence-electron chi connectivity index (χ0n) is 9.89. The van der Waals surface area contributed by atoms with Gasteiger partial charge in [-0.3, -0.25) is 9.97 Å². The lowest BCUT2D eigenvalue weighted by molar-refractivity contribution is 0.675. The predicted molar refractivity (Wildman–Crippen MR) is 67.9 cm³/mol. The predicted octanol–water partition coefficient (Wildman–Crippen LogP) is 2.95. The number of fused-ring (bicyclic) bond motifs is 1. The minimum absolute atomic E-state index is 0.914. The van der Waals surface area contributed by atoms with Crippen molar-refractivity contribution in [3.05, 3.63) is 59.2 Å². The molecule has 2 aromatic heterocycles. The van der Waals surface area contributed by atoms with Crippen LogP contribution in [-0.4, -0.2) is 9.97 Å². The van der Waals surface area contributed by atoms with E-state index in [0.717, 1.165) is 12.1 Å². The molecule has 3 rings (SSSR count). The second kappa shape index (κ2) is 4.66. The number of hydrogen-bond acceptors (Lipinski definition) is 2. The van der Waals surface area contributed by atoms with Crippen LogP contribution in [0, 0.1) is 0 Å². The fraction of sp³-hybridized carbons (Fsp3) is 0.333. The first-order chi connectivity index (χ1) is 8.43. The third kappa shape index (κ3) is 2.21. The van der Waals surface area contributed by atoms with Crippen LogP contribution in [0.4, 0.5) is 0 Å². The van der Waals surface area contributed by atoms with Gasteiger partial charge in [-0.15, -0.1) is 0 Å². The van der Waals surface area contributed by atoms with E-state index < -0.39 is 0 Å². The van der Waals surface area contributed by atoms with Crippen LogP contribution in [0.2, 0.25) is 0 Å². The minimum atomic E-state index is 0.914. The molecule has 1 aliphatic carbocycles. The Hall–Kier alpha value is -1.70. The number of aromatic nitrogens is 2. The average molecular weight is 224 g/mol. The lowest BCUT2D eigenvalue weighted by atomic mass is 9.89. The van der Waals surface area contributed by atoms with Gasteiger partial charge in [0.1, 0.15) is 0 Å². The Morgan fingerprint density at radius 1 is 1.06 bits per heavy atom. The summed E-state index contributed by atoms with van der Waals surface area (Å²) in [5, 5.41) is 0. The van der Waals surface area contributed by atoms with Crippen molar-refractivity contribution >= 4 is 0 Å². The van der Waals surface area contributed by atoms with Crippen LogP contribution < -0.4 is 0 Å². The summed E-state index contributed by atoms with van der Waals surface area (Å²) in [4.78, 5) is 8.76. The molecule has 0 aromatic carbocycles. The van der Waals surface area contributed by atoms with E-state index in [-0.39, 0.29) is 0 Å². The second-order valence-corrected chi connectivity index (χ2v) is 4.64. The lowest BCUT2D eigenvalue weighted by Crippen LogP contribution is -2.08. The van der Waals surface area contributed by atoms with Crippen LogP contribution in [0.15, 0.2) is 36.8 Å². The topological polar surface area (TPSA) is 25.8 Å². The summed E-state index contributed by atoms with van der Waals surface area (Å²) in [7, 11) is 0. The molecule has 17 heavy (non-hydrogen) atoms. The molecule has 0 saturated carbocycles. The van der Waals surface area contributed by atoms with Crippen molar-refractivity contribution in [3.8, 4) is 0 Å². The smallest absolute Gasteiger partial charge is 0.0448 e. The van der Waals surface area contributed by atoms with Crippen LogP contribution in [0.3, 0.4) is 0 Å². The third-order valence-electron chi connectivity index (χ3n) is 3.46. The second-order valence-electron chi connectivity index (χ2n) is 4.64.